The molecule has 1 amide bonds. The number of anilines is 2. The molecule has 0 bridgehead atoms. The van der Waals surface area contributed by atoms with E-state index in [1.54, 1.807) is 25.1 Å². The fraction of sp³-hybridized carbons (Fsp3) is 0.296. The number of nitrogens with one attached hydrogen (secondary N) is 2. The molecule has 190 valence electrons. The minimum Gasteiger partial charge on any atom is -0.368 e. The maximum absolute atomic E-state index is 14.1. The van der Waals surface area contributed by atoms with Gasteiger partial charge in [0.2, 0.25) is 10.0 Å². The van der Waals surface area contributed by atoms with Crippen LogP contribution in [0.5, 0.6) is 0 Å². The number of sulfonamides is 1. The number of likely N-dealkylation sites (N-methyl/N-ethyl adjacent to an activating group) is 1. The van der Waals surface area contributed by atoms with E-state index in [1.807, 2.05) is 30.3 Å². The smallest absolute Gasteiger partial charge is 0.258 e. The van der Waals surface area contributed by atoms with Crippen LogP contribution in [0.15, 0.2) is 77.7 Å². The summed E-state index contributed by atoms with van der Waals surface area (Å²) in [5, 5.41) is 2.64. The average molecular weight is 511 g/mol. The fourth-order valence-corrected chi connectivity index (χ4v) is 5.81. The number of piperazine rings is 1. The van der Waals surface area contributed by atoms with Gasteiger partial charge in [0, 0.05) is 37.9 Å². The zero-order chi connectivity index (χ0) is 25.7. The van der Waals surface area contributed by atoms with Crippen LogP contribution in [-0.2, 0) is 10.0 Å². The van der Waals surface area contributed by atoms with Gasteiger partial charge in [-0.25, -0.2) is 17.5 Å². The van der Waals surface area contributed by atoms with E-state index in [4.69, 9.17) is 0 Å². The molecule has 3 aromatic carbocycles. The van der Waals surface area contributed by atoms with Gasteiger partial charge >= 0.3 is 0 Å². The quantitative estimate of drug-likeness (QED) is 0.473. The zero-order valence-corrected chi connectivity index (χ0v) is 21.3. The molecule has 1 saturated heterocycles. The molecule has 1 fully saturated rings. The SMILES string of the molecule is CCN1CCN(c2ccc(NC(=O)c3ccccc3F)cc2S(=O)(=O)N[C@@H](C)c2ccccc2)CC1. The Hall–Kier alpha value is -3.27. The number of carbonyl (C=O) groups excluding carboxylic acids is 1. The van der Waals surface area contributed by atoms with Crippen molar-refractivity contribution in [2.24, 2.45) is 0 Å². The second-order valence-electron chi connectivity index (χ2n) is 8.79. The summed E-state index contributed by atoms with van der Waals surface area (Å²) >= 11 is 0. The molecular formula is C27H31FN4O3S. The Balaban J connectivity index is 1.66. The molecule has 0 aromatic heterocycles. The molecule has 1 aliphatic heterocycles. The van der Waals surface area contributed by atoms with Gasteiger partial charge in [0.15, 0.2) is 0 Å². The molecule has 2 N–H and O–H groups in total. The predicted molar refractivity (Wildman–Crippen MR) is 140 cm³/mol. The Morgan fingerprint density at radius 2 is 1.64 bits per heavy atom. The van der Waals surface area contributed by atoms with Crippen molar-refractivity contribution in [3.05, 3.63) is 89.7 Å². The summed E-state index contributed by atoms with van der Waals surface area (Å²) in [5.41, 5.74) is 1.56. The van der Waals surface area contributed by atoms with Gasteiger partial charge in [-0.1, -0.05) is 49.4 Å². The number of hydrogen-bond acceptors (Lipinski definition) is 5. The highest BCUT2D eigenvalue weighted by Crippen LogP contribution is 2.31. The standard InChI is InChI=1S/C27H31FN4O3S/c1-3-31-15-17-32(18-16-31)25-14-13-22(29-27(33)23-11-7-8-12-24(23)28)19-26(25)36(34,35)30-20(2)21-9-5-4-6-10-21/h4-14,19-20,30H,3,15-18H2,1-2H3,(H,29,33)/t20-/m0/s1. The Bertz CT molecular complexity index is 1310. The molecule has 0 unspecified atom stereocenters. The van der Waals surface area contributed by atoms with E-state index in [-0.39, 0.29) is 16.1 Å². The monoisotopic (exact) mass is 510 g/mol. The number of hydrogen-bond donors (Lipinski definition) is 2. The topological polar surface area (TPSA) is 81.8 Å². The number of nitrogens with zero attached hydrogens (tertiary/aromatic N) is 2. The van der Waals surface area contributed by atoms with Crippen molar-refractivity contribution in [3.8, 4) is 0 Å². The van der Waals surface area contributed by atoms with Crippen LogP contribution in [0.25, 0.3) is 0 Å². The van der Waals surface area contributed by atoms with Crippen molar-refractivity contribution < 1.29 is 17.6 Å². The summed E-state index contributed by atoms with van der Waals surface area (Å²) in [6.07, 6.45) is 0. The predicted octanol–water partition coefficient (Wildman–Crippen LogP) is 4.26. The van der Waals surface area contributed by atoms with E-state index in [9.17, 15) is 17.6 Å². The van der Waals surface area contributed by atoms with Crippen LogP contribution in [0, 0.1) is 5.82 Å². The first kappa shape index (κ1) is 25.8. The third kappa shape index (κ3) is 5.92. The van der Waals surface area contributed by atoms with Crippen LogP contribution in [0.2, 0.25) is 0 Å². The summed E-state index contributed by atoms with van der Waals surface area (Å²) in [6, 6.07) is 19.3. The van der Waals surface area contributed by atoms with E-state index in [0.29, 0.717) is 18.8 Å². The van der Waals surface area contributed by atoms with Gasteiger partial charge < -0.3 is 15.1 Å². The van der Waals surface area contributed by atoms with Crippen molar-refractivity contribution in [2.45, 2.75) is 24.8 Å². The Morgan fingerprint density at radius 3 is 2.31 bits per heavy atom. The van der Waals surface area contributed by atoms with Crippen molar-refractivity contribution in [1.82, 2.24) is 9.62 Å². The van der Waals surface area contributed by atoms with Crippen LogP contribution in [0.4, 0.5) is 15.8 Å². The van der Waals surface area contributed by atoms with Gasteiger partial charge in [-0.2, -0.15) is 0 Å². The summed E-state index contributed by atoms with van der Waals surface area (Å²) in [4.78, 5) is 17.1. The lowest BCUT2D eigenvalue weighted by atomic mass is 10.1. The van der Waals surface area contributed by atoms with Crippen molar-refractivity contribution >= 4 is 27.3 Å². The lowest BCUT2D eigenvalue weighted by Crippen LogP contribution is -2.46. The molecule has 9 heteroatoms. The fourth-order valence-electron chi connectivity index (χ4n) is 4.32. The van der Waals surface area contributed by atoms with Crippen LogP contribution in [0.3, 0.4) is 0 Å². The van der Waals surface area contributed by atoms with Crippen molar-refractivity contribution in [1.29, 1.82) is 0 Å². The highest BCUT2D eigenvalue weighted by Gasteiger charge is 2.27. The number of rotatable bonds is 8. The van der Waals surface area contributed by atoms with Gasteiger partial charge in [0.1, 0.15) is 10.7 Å². The number of amides is 1. The van der Waals surface area contributed by atoms with E-state index >= 15 is 0 Å². The molecule has 0 saturated carbocycles. The molecular weight excluding hydrogens is 479 g/mol. The highest BCUT2D eigenvalue weighted by atomic mass is 32.2. The Morgan fingerprint density at radius 1 is 0.972 bits per heavy atom. The number of carbonyl (C=O) groups is 1. The molecule has 1 atom stereocenters. The normalized spacial score (nSPS) is 15.5. The van der Waals surface area contributed by atoms with E-state index in [1.165, 1.54) is 24.3 Å². The average Bonchev–Trinajstić information content (AvgIpc) is 2.89. The number of benzene rings is 3. The zero-order valence-electron chi connectivity index (χ0n) is 20.4. The number of halogens is 1. The summed E-state index contributed by atoms with van der Waals surface area (Å²) in [5.74, 6) is -1.29. The highest BCUT2D eigenvalue weighted by molar-refractivity contribution is 7.89. The van der Waals surface area contributed by atoms with Gasteiger partial charge in [-0.15, -0.1) is 0 Å². The minimum absolute atomic E-state index is 0.0709. The van der Waals surface area contributed by atoms with Gasteiger partial charge in [-0.3, -0.25) is 4.79 Å². The first-order valence-corrected chi connectivity index (χ1v) is 13.5. The largest absolute Gasteiger partial charge is 0.368 e. The van der Waals surface area contributed by atoms with Crippen LogP contribution < -0.4 is 14.9 Å². The molecule has 1 aliphatic rings. The minimum atomic E-state index is -3.97. The summed E-state index contributed by atoms with van der Waals surface area (Å²) < 4.78 is 44.2. The Kier molecular flexibility index (Phi) is 8.03. The van der Waals surface area contributed by atoms with Gasteiger partial charge in [0.05, 0.1) is 11.3 Å². The maximum atomic E-state index is 14.1. The summed E-state index contributed by atoms with van der Waals surface area (Å²) in [6.45, 7) is 7.86. The molecule has 3 aromatic rings. The third-order valence-corrected chi connectivity index (χ3v) is 7.99. The third-order valence-electron chi connectivity index (χ3n) is 6.42. The molecule has 0 aliphatic carbocycles. The van der Waals surface area contributed by atoms with Crippen LogP contribution in [0.1, 0.15) is 35.8 Å². The van der Waals surface area contributed by atoms with E-state index < -0.39 is 27.8 Å². The first-order chi connectivity index (χ1) is 17.3. The molecule has 4 rings (SSSR count). The molecule has 1 heterocycles. The molecule has 0 radical (unpaired) electrons. The van der Waals surface area contributed by atoms with E-state index in [2.05, 4.69) is 26.8 Å². The molecule has 36 heavy (non-hydrogen) atoms. The Labute approximate surface area is 212 Å². The summed E-state index contributed by atoms with van der Waals surface area (Å²) in [7, 11) is -3.97. The van der Waals surface area contributed by atoms with E-state index in [0.717, 1.165) is 25.2 Å². The lowest BCUT2D eigenvalue weighted by molar-refractivity contribution is 0.102. The van der Waals surface area contributed by atoms with Crippen molar-refractivity contribution in [3.63, 3.8) is 0 Å². The van der Waals surface area contributed by atoms with Crippen LogP contribution in [-0.4, -0.2) is 51.9 Å². The molecule has 0 spiro atoms. The second kappa shape index (κ2) is 11.2. The second-order valence-corrected chi connectivity index (χ2v) is 10.5. The lowest BCUT2D eigenvalue weighted by Gasteiger charge is -2.36. The molecule has 7 nitrogen and oxygen atoms in total. The van der Waals surface area contributed by atoms with Gasteiger partial charge in [0.25, 0.3) is 5.91 Å². The van der Waals surface area contributed by atoms with Crippen LogP contribution >= 0.6 is 0 Å². The van der Waals surface area contributed by atoms with Gasteiger partial charge in [-0.05, 0) is 49.4 Å². The maximum Gasteiger partial charge on any atom is 0.258 e. The van der Waals surface area contributed by atoms with Crippen molar-refractivity contribution in [2.75, 3.05) is 42.9 Å². The first-order valence-electron chi connectivity index (χ1n) is 12.0.